The molecule has 4 aliphatic heterocycles. The molecule has 10 N–H and O–H groups in total. The minimum Gasteiger partial charge on any atom is -0.394 e. The molecule has 25 heteroatoms. The second-order valence-corrected chi connectivity index (χ2v) is 18.5. The number of nitrogens with one attached hydrogen (secondary N) is 2. The second kappa shape index (κ2) is 31.9. The van der Waals surface area contributed by atoms with Crippen LogP contribution in [0.5, 0.6) is 0 Å². The maximum absolute atomic E-state index is 12.8. The molecule has 0 bridgehead atoms. The standard InChI is InChI=1S/C46H84N2O23/c1-8-11-59-13-10-14-61-17-18-63-22-29-34(53)43(64-20-19-62-16-15-60-12-9-2)39(58)46(69-29)71-41-28(21-49)68-44(32(36(41)55)48-27(7)51)70-42-30(23-65-45-38(57)37(56)33(52)25(5)66-45)67-40(24(3)4)31(35(42)54)47-26(6)50/h24-25,28-46,49,52-58H,8-23H2,1-7H3,(H,47,50)(H,48,51)/t25?,28?,29?,30?,31-,32-,33+,34+,35?,36?,37?,38?,39+,40-,41+,42+,43?,44-,45+,46-/m0/s1. The fraction of sp³-hybridized carbons (Fsp3) is 0.957. The van der Waals surface area contributed by atoms with Gasteiger partial charge in [0.1, 0.15) is 85.4 Å². The lowest BCUT2D eigenvalue weighted by atomic mass is 9.87. The van der Waals surface area contributed by atoms with E-state index in [0.29, 0.717) is 39.5 Å². The molecule has 9 unspecified atom stereocenters. The summed E-state index contributed by atoms with van der Waals surface area (Å²) in [5.41, 5.74) is 0. The monoisotopic (exact) mass is 1030 g/mol. The molecule has 4 heterocycles. The van der Waals surface area contributed by atoms with Gasteiger partial charge in [-0.25, -0.2) is 0 Å². The van der Waals surface area contributed by atoms with Crippen LogP contribution in [0.2, 0.25) is 0 Å². The summed E-state index contributed by atoms with van der Waals surface area (Å²) in [5, 5.41) is 94.5. The zero-order valence-electron chi connectivity index (χ0n) is 42.1. The molecule has 0 aromatic heterocycles. The Morgan fingerprint density at radius 1 is 0.507 bits per heavy atom. The molecule has 0 aromatic carbocycles. The average Bonchev–Trinajstić information content (AvgIpc) is 3.33. The summed E-state index contributed by atoms with van der Waals surface area (Å²) in [6.07, 6.45) is -23.7. The van der Waals surface area contributed by atoms with Crippen LogP contribution in [-0.4, -0.2) is 261 Å². The summed E-state index contributed by atoms with van der Waals surface area (Å²) in [5.74, 6) is -1.49. The lowest BCUT2D eigenvalue weighted by Crippen LogP contribution is -2.70. The van der Waals surface area contributed by atoms with Gasteiger partial charge in [-0.3, -0.25) is 9.59 Å². The summed E-state index contributed by atoms with van der Waals surface area (Å²) >= 11 is 0. The molecular formula is C46H84N2O23. The molecule has 20 atom stereocenters. The SMILES string of the molecule is CCCOCCCOCCOCC1O[C@@H](O[C@@H]2C(CO)O[C@@H](O[C@@H]3C(CO[C@@H]4OC(C)[C@@H](O)C(O)C4O)O[C@@H](C(C)C)[C@@H](NC(C)=O)C3O)[C@@H](NC(C)=O)C2O)[C@H](O)C(OCCOCCOCCC)[C@@H]1O. The van der Waals surface area contributed by atoms with Gasteiger partial charge in [0.2, 0.25) is 11.8 Å². The molecule has 4 saturated heterocycles. The maximum Gasteiger partial charge on any atom is 0.217 e. The molecule has 4 aliphatic rings. The molecule has 0 spiro atoms. The number of carbonyl (C=O) groups excluding carboxylic acids is 2. The Labute approximate surface area is 415 Å². The van der Waals surface area contributed by atoms with Gasteiger partial charge in [-0.05, 0) is 32.1 Å². The van der Waals surface area contributed by atoms with Gasteiger partial charge in [0.15, 0.2) is 18.9 Å². The van der Waals surface area contributed by atoms with Gasteiger partial charge >= 0.3 is 0 Å². The van der Waals surface area contributed by atoms with Gasteiger partial charge in [0.05, 0.1) is 77.7 Å². The molecule has 0 radical (unpaired) electrons. The highest BCUT2D eigenvalue weighted by Crippen LogP contribution is 2.35. The van der Waals surface area contributed by atoms with Crippen LogP contribution in [0.4, 0.5) is 0 Å². The maximum atomic E-state index is 12.8. The van der Waals surface area contributed by atoms with E-state index < -0.39 is 148 Å². The van der Waals surface area contributed by atoms with Crippen molar-refractivity contribution in [3.05, 3.63) is 0 Å². The summed E-state index contributed by atoms with van der Waals surface area (Å²) in [4.78, 5) is 25.2. The van der Waals surface area contributed by atoms with Crippen LogP contribution in [0.15, 0.2) is 0 Å². The van der Waals surface area contributed by atoms with Crippen LogP contribution < -0.4 is 10.6 Å². The molecule has 416 valence electrons. The van der Waals surface area contributed by atoms with E-state index in [9.17, 15) is 50.4 Å². The average molecular weight is 1030 g/mol. The van der Waals surface area contributed by atoms with Crippen LogP contribution in [0.25, 0.3) is 0 Å². The van der Waals surface area contributed by atoms with Crippen molar-refractivity contribution in [2.75, 3.05) is 85.9 Å². The topological polar surface area (TPSA) is 340 Å². The van der Waals surface area contributed by atoms with Gasteiger partial charge in [-0.2, -0.15) is 0 Å². The minimum atomic E-state index is -1.80. The van der Waals surface area contributed by atoms with E-state index >= 15 is 0 Å². The Morgan fingerprint density at radius 2 is 1.04 bits per heavy atom. The molecular weight excluding hydrogens is 948 g/mol. The van der Waals surface area contributed by atoms with Crippen molar-refractivity contribution in [2.24, 2.45) is 5.92 Å². The lowest BCUT2D eigenvalue weighted by molar-refractivity contribution is -0.362. The highest BCUT2D eigenvalue weighted by Gasteiger charge is 2.55. The van der Waals surface area contributed by atoms with Crippen molar-refractivity contribution >= 4 is 11.8 Å². The first-order valence-corrected chi connectivity index (χ1v) is 24.9. The first kappa shape index (κ1) is 61.6. The number of aliphatic hydroxyl groups excluding tert-OH is 8. The van der Waals surface area contributed by atoms with E-state index in [1.807, 2.05) is 13.8 Å². The van der Waals surface area contributed by atoms with Gasteiger partial charge < -0.3 is 113 Å². The van der Waals surface area contributed by atoms with Gasteiger partial charge in [0.25, 0.3) is 0 Å². The molecule has 0 aromatic rings. The van der Waals surface area contributed by atoms with Crippen LogP contribution >= 0.6 is 0 Å². The summed E-state index contributed by atoms with van der Waals surface area (Å²) in [6.45, 7) is 13.2. The fourth-order valence-electron chi connectivity index (χ4n) is 8.64. The third-order valence-electron chi connectivity index (χ3n) is 12.3. The van der Waals surface area contributed by atoms with Crippen molar-refractivity contribution in [3.8, 4) is 0 Å². The third kappa shape index (κ3) is 18.4. The fourth-order valence-corrected chi connectivity index (χ4v) is 8.64. The largest absolute Gasteiger partial charge is 0.394 e. The quantitative estimate of drug-likeness (QED) is 0.0303. The van der Waals surface area contributed by atoms with E-state index in [-0.39, 0.29) is 45.6 Å². The molecule has 2 amide bonds. The van der Waals surface area contributed by atoms with Crippen molar-refractivity contribution in [2.45, 2.75) is 190 Å². The van der Waals surface area contributed by atoms with Crippen LogP contribution in [0.1, 0.15) is 67.7 Å². The molecule has 4 rings (SSSR count). The highest BCUT2D eigenvalue weighted by molar-refractivity contribution is 5.73. The van der Waals surface area contributed by atoms with Crippen LogP contribution in [0.3, 0.4) is 0 Å². The predicted octanol–water partition coefficient (Wildman–Crippen LogP) is -3.40. The van der Waals surface area contributed by atoms with Crippen LogP contribution in [-0.2, 0) is 71.2 Å². The van der Waals surface area contributed by atoms with Crippen molar-refractivity contribution in [1.29, 1.82) is 0 Å². The number of carbonyl (C=O) groups is 2. The Bertz CT molecular complexity index is 1490. The molecule has 0 aliphatic carbocycles. The van der Waals surface area contributed by atoms with Crippen molar-refractivity contribution in [3.63, 3.8) is 0 Å². The Balaban J connectivity index is 1.54. The summed E-state index contributed by atoms with van der Waals surface area (Å²) < 4.78 is 76.6. The van der Waals surface area contributed by atoms with Gasteiger partial charge in [0, 0.05) is 40.3 Å². The van der Waals surface area contributed by atoms with E-state index in [1.165, 1.54) is 13.8 Å². The predicted molar refractivity (Wildman–Crippen MR) is 244 cm³/mol. The first-order valence-electron chi connectivity index (χ1n) is 24.9. The van der Waals surface area contributed by atoms with Gasteiger partial charge in [-0.15, -0.1) is 0 Å². The zero-order chi connectivity index (χ0) is 52.2. The first-order chi connectivity index (χ1) is 33.9. The normalized spacial score (nSPS) is 37.8. The summed E-state index contributed by atoms with van der Waals surface area (Å²) in [6, 6.07) is -2.60. The highest BCUT2D eigenvalue weighted by atomic mass is 16.8. The number of ether oxygens (including phenoxy) is 13. The zero-order valence-corrected chi connectivity index (χ0v) is 42.1. The Morgan fingerprint density at radius 3 is 1.66 bits per heavy atom. The van der Waals surface area contributed by atoms with E-state index in [1.54, 1.807) is 13.8 Å². The Hall–Kier alpha value is -1.90. The number of hydrogen-bond acceptors (Lipinski definition) is 23. The minimum absolute atomic E-state index is 0.0668. The van der Waals surface area contributed by atoms with E-state index in [2.05, 4.69) is 10.6 Å². The van der Waals surface area contributed by atoms with Crippen LogP contribution in [0, 0.1) is 5.92 Å². The third-order valence-corrected chi connectivity index (χ3v) is 12.3. The van der Waals surface area contributed by atoms with E-state index in [4.69, 9.17) is 61.6 Å². The molecule has 25 nitrogen and oxygen atoms in total. The lowest BCUT2D eigenvalue weighted by Gasteiger charge is -2.51. The molecule has 71 heavy (non-hydrogen) atoms. The second-order valence-electron chi connectivity index (χ2n) is 18.5. The number of amides is 2. The molecule has 4 fully saturated rings. The van der Waals surface area contributed by atoms with Crippen molar-refractivity contribution in [1.82, 2.24) is 10.6 Å². The number of hydrogen-bond donors (Lipinski definition) is 10. The smallest absolute Gasteiger partial charge is 0.217 e. The number of rotatable bonds is 31. The van der Waals surface area contributed by atoms with Gasteiger partial charge in [-0.1, -0.05) is 27.7 Å². The summed E-state index contributed by atoms with van der Waals surface area (Å²) in [7, 11) is 0. The molecule has 0 saturated carbocycles. The Kier molecular flexibility index (Phi) is 27.7. The van der Waals surface area contributed by atoms with Crippen molar-refractivity contribution < 1.29 is 112 Å². The van der Waals surface area contributed by atoms with E-state index in [0.717, 1.165) is 19.8 Å². The number of aliphatic hydroxyl groups is 8.